The molecule has 0 unspecified atom stereocenters. The van der Waals surface area contributed by atoms with Crippen LogP contribution in [0.1, 0.15) is 24.0 Å². The van der Waals surface area contributed by atoms with Gasteiger partial charge in [0.15, 0.2) is 11.6 Å². The quantitative estimate of drug-likeness (QED) is 0.635. The summed E-state index contributed by atoms with van der Waals surface area (Å²) < 4.78 is 19.9. The Labute approximate surface area is 107 Å². The van der Waals surface area contributed by atoms with Crippen molar-refractivity contribution in [3.63, 3.8) is 0 Å². The SMILES string of the molecule is COc1c(F)c(C2(N=C=O)CC2)cc(C)c1Br. The van der Waals surface area contributed by atoms with E-state index >= 15 is 0 Å². The second kappa shape index (κ2) is 4.24. The summed E-state index contributed by atoms with van der Waals surface area (Å²) in [4.78, 5) is 14.1. The second-order valence-corrected chi connectivity index (χ2v) is 4.93. The minimum Gasteiger partial charge on any atom is -0.492 e. The zero-order valence-corrected chi connectivity index (χ0v) is 11.1. The van der Waals surface area contributed by atoms with Crippen LogP contribution >= 0.6 is 15.9 Å². The summed E-state index contributed by atoms with van der Waals surface area (Å²) in [5.41, 5.74) is 0.550. The van der Waals surface area contributed by atoms with Crippen LogP contribution in [0.3, 0.4) is 0 Å². The third-order valence-corrected chi connectivity index (χ3v) is 4.02. The Kier molecular flexibility index (Phi) is 3.06. The van der Waals surface area contributed by atoms with E-state index in [2.05, 4.69) is 20.9 Å². The Bertz CT molecular complexity index is 520. The molecule has 90 valence electrons. The summed E-state index contributed by atoms with van der Waals surface area (Å²) in [6, 6.07) is 1.70. The fourth-order valence-electron chi connectivity index (χ4n) is 1.91. The van der Waals surface area contributed by atoms with Gasteiger partial charge in [0.1, 0.15) is 5.54 Å². The zero-order chi connectivity index (χ0) is 12.6. The lowest BCUT2D eigenvalue weighted by molar-refractivity contribution is 0.378. The molecule has 0 N–H and O–H groups in total. The smallest absolute Gasteiger partial charge is 0.235 e. The van der Waals surface area contributed by atoms with Gasteiger partial charge >= 0.3 is 0 Å². The van der Waals surface area contributed by atoms with E-state index in [0.717, 1.165) is 5.56 Å². The number of hydrogen-bond acceptors (Lipinski definition) is 3. The maximum Gasteiger partial charge on any atom is 0.235 e. The highest BCUT2D eigenvalue weighted by atomic mass is 79.9. The molecule has 2 rings (SSSR count). The van der Waals surface area contributed by atoms with Crippen molar-refractivity contribution < 1.29 is 13.9 Å². The first-order chi connectivity index (χ1) is 8.05. The van der Waals surface area contributed by atoms with Crippen LogP contribution < -0.4 is 4.74 Å². The lowest BCUT2D eigenvalue weighted by Crippen LogP contribution is -2.08. The van der Waals surface area contributed by atoms with Crippen LogP contribution in [-0.2, 0) is 10.3 Å². The summed E-state index contributed by atoms with van der Waals surface area (Å²) in [5, 5.41) is 0. The molecule has 0 saturated heterocycles. The second-order valence-electron chi connectivity index (χ2n) is 4.14. The van der Waals surface area contributed by atoms with Gasteiger partial charge in [-0.3, -0.25) is 0 Å². The zero-order valence-electron chi connectivity index (χ0n) is 9.51. The first kappa shape index (κ1) is 12.3. The molecule has 0 aliphatic heterocycles. The minimum absolute atomic E-state index is 0.160. The Morgan fingerprint density at radius 2 is 2.24 bits per heavy atom. The Hall–Kier alpha value is -1.19. The highest BCUT2D eigenvalue weighted by molar-refractivity contribution is 9.10. The van der Waals surface area contributed by atoms with Gasteiger partial charge in [-0.05, 0) is 47.3 Å². The third kappa shape index (κ3) is 1.90. The summed E-state index contributed by atoms with van der Waals surface area (Å²) in [5.74, 6) is -0.297. The number of aliphatic imine (C=N–C) groups is 1. The van der Waals surface area contributed by atoms with Gasteiger partial charge in [0, 0.05) is 5.56 Å². The number of halogens is 2. The summed E-state index contributed by atoms with van der Waals surface area (Å²) in [6.07, 6.45) is 2.86. The van der Waals surface area contributed by atoms with E-state index in [9.17, 15) is 9.18 Å². The molecular formula is C12H11BrFNO2. The lowest BCUT2D eigenvalue weighted by atomic mass is 10.0. The molecule has 17 heavy (non-hydrogen) atoms. The maximum atomic E-state index is 14.2. The molecule has 5 heteroatoms. The number of ether oxygens (including phenoxy) is 1. The molecule has 1 fully saturated rings. The van der Waals surface area contributed by atoms with Gasteiger partial charge in [0.05, 0.1) is 11.6 Å². The van der Waals surface area contributed by atoms with Gasteiger partial charge in [-0.1, -0.05) is 0 Å². The van der Waals surface area contributed by atoms with Crippen LogP contribution in [-0.4, -0.2) is 13.2 Å². The first-order valence-corrected chi connectivity index (χ1v) is 5.97. The van der Waals surface area contributed by atoms with Crippen molar-refractivity contribution in [2.75, 3.05) is 7.11 Å². The fourth-order valence-corrected chi connectivity index (χ4v) is 2.36. The third-order valence-electron chi connectivity index (χ3n) is 3.03. The molecule has 0 bridgehead atoms. The topological polar surface area (TPSA) is 38.7 Å². The number of hydrogen-bond donors (Lipinski definition) is 0. The molecular weight excluding hydrogens is 289 g/mol. The van der Waals surface area contributed by atoms with Crippen molar-refractivity contribution >= 4 is 22.0 Å². The van der Waals surface area contributed by atoms with Gasteiger partial charge in [0.25, 0.3) is 0 Å². The number of methoxy groups -OCH3 is 1. The molecule has 1 aromatic rings. The molecule has 1 aliphatic rings. The van der Waals surface area contributed by atoms with Gasteiger partial charge in [-0.2, -0.15) is 4.99 Å². The van der Waals surface area contributed by atoms with E-state index in [1.54, 1.807) is 6.07 Å². The molecule has 0 spiro atoms. The van der Waals surface area contributed by atoms with Crippen LogP contribution in [0.2, 0.25) is 0 Å². The van der Waals surface area contributed by atoms with E-state index in [4.69, 9.17) is 4.74 Å². The van der Waals surface area contributed by atoms with Gasteiger partial charge in [-0.15, -0.1) is 0 Å². The molecule has 1 aliphatic carbocycles. The predicted octanol–water partition coefficient (Wildman–Crippen LogP) is 3.23. The first-order valence-electron chi connectivity index (χ1n) is 5.18. The Balaban J connectivity index is 2.64. The van der Waals surface area contributed by atoms with Crippen LogP contribution in [0, 0.1) is 12.7 Å². The van der Waals surface area contributed by atoms with E-state index in [0.29, 0.717) is 22.9 Å². The van der Waals surface area contributed by atoms with E-state index in [-0.39, 0.29) is 5.75 Å². The number of aryl methyl sites for hydroxylation is 1. The largest absolute Gasteiger partial charge is 0.492 e. The molecule has 0 atom stereocenters. The lowest BCUT2D eigenvalue weighted by Gasteiger charge is -2.15. The average molecular weight is 300 g/mol. The number of nitrogens with zero attached hydrogens (tertiary/aromatic N) is 1. The van der Waals surface area contributed by atoms with Crippen LogP contribution in [0.4, 0.5) is 4.39 Å². The van der Waals surface area contributed by atoms with E-state index in [1.165, 1.54) is 13.2 Å². The fraction of sp³-hybridized carbons (Fsp3) is 0.417. The monoisotopic (exact) mass is 299 g/mol. The number of carbonyl (C=O) groups excluding carboxylic acids is 1. The highest BCUT2D eigenvalue weighted by Gasteiger charge is 2.47. The molecule has 0 amide bonds. The summed E-state index contributed by atoms with van der Waals surface area (Å²) in [7, 11) is 1.41. The van der Waals surface area contributed by atoms with Gasteiger partial charge in [0.2, 0.25) is 6.08 Å². The van der Waals surface area contributed by atoms with Crippen molar-refractivity contribution in [2.45, 2.75) is 25.3 Å². The average Bonchev–Trinajstić information content (AvgIpc) is 3.06. The van der Waals surface area contributed by atoms with Crippen molar-refractivity contribution in [2.24, 2.45) is 4.99 Å². The maximum absolute atomic E-state index is 14.2. The number of isocyanates is 1. The standard InChI is InChI=1S/C12H11BrFNO2/c1-7-5-8(12(3-4-12)15-6-16)10(14)11(17-2)9(7)13/h5H,3-4H2,1-2H3. The Morgan fingerprint density at radius 1 is 1.59 bits per heavy atom. The van der Waals surface area contributed by atoms with Crippen molar-refractivity contribution in [3.05, 3.63) is 27.5 Å². The molecule has 0 aromatic heterocycles. The van der Waals surface area contributed by atoms with Crippen molar-refractivity contribution in [1.82, 2.24) is 0 Å². The van der Waals surface area contributed by atoms with Gasteiger partial charge < -0.3 is 4.74 Å². The van der Waals surface area contributed by atoms with Crippen LogP contribution in [0.25, 0.3) is 0 Å². The molecule has 1 aromatic carbocycles. The molecule has 1 saturated carbocycles. The number of rotatable bonds is 3. The molecule has 3 nitrogen and oxygen atoms in total. The van der Waals surface area contributed by atoms with Crippen LogP contribution in [0.15, 0.2) is 15.5 Å². The predicted molar refractivity (Wildman–Crippen MR) is 64.4 cm³/mol. The highest BCUT2D eigenvalue weighted by Crippen LogP contribution is 2.52. The number of benzene rings is 1. The van der Waals surface area contributed by atoms with Crippen molar-refractivity contribution in [1.29, 1.82) is 0 Å². The van der Waals surface area contributed by atoms with Crippen molar-refractivity contribution in [3.8, 4) is 5.75 Å². The normalized spacial score (nSPS) is 16.2. The minimum atomic E-state index is -0.718. The summed E-state index contributed by atoms with van der Waals surface area (Å²) >= 11 is 3.28. The summed E-state index contributed by atoms with van der Waals surface area (Å²) in [6.45, 7) is 1.84. The van der Waals surface area contributed by atoms with Crippen LogP contribution in [0.5, 0.6) is 5.75 Å². The van der Waals surface area contributed by atoms with E-state index in [1.807, 2.05) is 6.92 Å². The molecule has 0 radical (unpaired) electrons. The van der Waals surface area contributed by atoms with E-state index < -0.39 is 11.4 Å². The van der Waals surface area contributed by atoms with Gasteiger partial charge in [-0.25, -0.2) is 9.18 Å². The Morgan fingerprint density at radius 3 is 2.71 bits per heavy atom. The molecule has 0 heterocycles.